The highest BCUT2D eigenvalue weighted by molar-refractivity contribution is 6.31. The molecule has 1 saturated heterocycles. The van der Waals surface area contributed by atoms with Crippen molar-refractivity contribution in [3.8, 4) is 0 Å². The second-order valence-electron chi connectivity index (χ2n) is 7.18. The van der Waals surface area contributed by atoms with Gasteiger partial charge in [-0.25, -0.2) is 9.48 Å². The first-order valence-corrected chi connectivity index (χ1v) is 9.43. The summed E-state index contributed by atoms with van der Waals surface area (Å²) in [5.74, 6) is 0.926. The molecule has 2 aromatic rings. The highest BCUT2D eigenvalue weighted by atomic mass is 35.5. The third kappa shape index (κ3) is 3.70. The number of hydrogen-bond acceptors (Lipinski definition) is 3. The smallest absolute Gasteiger partial charge is 0.342 e. The van der Waals surface area contributed by atoms with Crippen molar-refractivity contribution in [3.05, 3.63) is 51.2 Å². The molecule has 1 fully saturated rings. The number of rotatable bonds is 4. The molecule has 0 N–H and O–H groups in total. The lowest BCUT2D eigenvalue weighted by Crippen LogP contribution is -2.41. The fourth-order valence-corrected chi connectivity index (χ4v) is 3.80. The molecule has 0 spiro atoms. The first kappa shape index (κ1) is 18.7. The maximum atomic E-state index is 12.8. The zero-order chi connectivity index (χ0) is 18.8. The Bertz CT molecular complexity index is 855. The lowest BCUT2D eigenvalue weighted by Gasteiger charge is -2.32. The summed E-state index contributed by atoms with van der Waals surface area (Å²) < 4.78 is 3.13. The number of piperidine rings is 1. The molecule has 1 amide bonds. The molecule has 1 aromatic heterocycles. The summed E-state index contributed by atoms with van der Waals surface area (Å²) in [6.07, 6.45) is 2.13. The Morgan fingerprint density at radius 3 is 2.77 bits per heavy atom. The summed E-state index contributed by atoms with van der Waals surface area (Å²) in [4.78, 5) is 27.0. The normalized spacial score (nSPS) is 17.7. The molecule has 140 valence electrons. The van der Waals surface area contributed by atoms with Crippen LogP contribution in [0.4, 0.5) is 0 Å². The number of carbonyl (C=O) groups excluding carboxylic acids is 1. The Morgan fingerprint density at radius 1 is 1.35 bits per heavy atom. The van der Waals surface area contributed by atoms with Crippen LogP contribution >= 0.6 is 11.6 Å². The highest BCUT2D eigenvalue weighted by Gasteiger charge is 2.30. The lowest BCUT2D eigenvalue weighted by atomic mass is 9.96. The van der Waals surface area contributed by atoms with Crippen LogP contribution in [-0.2, 0) is 18.3 Å². The zero-order valence-corrected chi connectivity index (χ0v) is 16.2. The summed E-state index contributed by atoms with van der Waals surface area (Å²) in [5, 5.41) is 5.07. The van der Waals surface area contributed by atoms with E-state index in [1.807, 2.05) is 36.9 Å². The van der Waals surface area contributed by atoms with E-state index in [4.69, 9.17) is 11.6 Å². The number of amides is 1. The first-order chi connectivity index (χ1) is 12.4. The van der Waals surface area contributed by atoms with Gasteiger partial charge in [-0.3, -0.25) is 9.36 Å². The molecule has 0 bridgehead atoms. The van der Waals surface area contributed by atoms with E-state index in [0.717, 1.165) is 30.8 Å². The van der Waals surface area contributed by atoms with Crippen molar-refractivity contribution < 1.29 is 4.79 Å². The Hall–Kier alpha value is -2.08. The van der Waals surface area contributed by atoms with Gasteiger partial charge in [0.15, 0.2) is 0 Å². The molecule has 7 heteroatoms. The van der Waals surface area contributed by atoms with Gasteiger partial charge in [0.05, 0.1) is 6.42 Å². The Morgan fingerprint density at radius 2 is 2.08 bits per heavy atom. The summed E-state index contributed by atoms with van der Waals surface area (Å²) in [6.45, 7) is 5.29. The number of likely N-dealkylation sites (tertiary alicyclic amines) is 1. The third-order valence-corrected chi connectivity index (χ3v) is 5.31. The van der Waals surface area contributed by atoms with E-state index in [1.165, 1.54) is 4.68 Å². The van der Waals surface area contributed by atoms with Gasteiger partial charge in [0.2, 0.25) is 5.91 Å². The first-order valence-electron chi connectivity index (χ1n) is 9.05. The van der Waals surface area contributed by atoms with Crippen LogP contribution in [0.5, 0.6) is 0 Å². The molecule has 1 aliphatic rings. The highest BCUT2D eigenvalue weighted by Crippen LogP contribution is 2.27. The molecule has 1 aromatic carbocycles. The molecule has 1 unspecified atom stereocenters. The number of aromatic nitrogens is 3. The standard InChI is InChI=1S/C19H25ClN4O2/c1-13(2)24-18(21-22(3)19(24)26)15-8-6-10-23(12-15)17(25)11-14-7-4-5-9-16(14)20/h4-5,7,9,13,15H,6,8,10-12H2,1-3H3. The van der Waals surface area contributed by atoms with Gasteiger partial charge in [0.1, 0.15) is 5.82 Å². The van der Waals surface area contributed by atoms with Crippen LogP contribution in [0.3, 0.4) is 0 Å². The van der Waals surface area contributed by atoms with Crippen LogP contribution < -0.4 is 5.69 Å². The predicted molar refractivity (Wildman–Crippen MR) is 102 cm³/mol. The van der Waals surface area contributed by atoms with E-state index in [9.17, 15) is 9.59 Å². The van der Waals surface area contributed by atoms with Gasteiger partial charge in [-0.15, -0.1) is 0 Å². The number of benzene rings is 1. The van der Waals surface area contributed by atoms with E-state index >= 15 is 0 Å². The van der Waals surface area contributed by atoms with Crippen molar-refractivity contribution in [1.82, 2.24) is 19.2 Å². The lowest BCUT2D eigenvalue weighted by molar-refractivity contribution is -0.131. The number of aryl methyl sites for hydroxylation is 1. The van der Waals surface area contributed by atoms with E-state index < -0.39 is 0 Å². The van der Waals surface area contributed by atoms with Gasteiger partial charge in [-0.2, -0.15) is 5.10 Å². The molecular formula is C19H25ClN4O2. The number of halogens is 1. The quantitative estimate of drug-likeness (QED) is 0.824. The summed E-state index contributed by atoms with van der Waals surface area (Å²) >= 11 is 6.19. The van der Waals surface area contributed by atoms with Crippen LogP contribution in [0.25, 0.3) is 0 Å². The van der Waals surface area contributed by atoms with Crippen molar-refractivity contribution in [2.24, 2.45) is 7.05 Å². The van der Waals surface area contributed by atoms with Crippen molar-refractivity contribution >= 4 is 17.5 Å². The number of nitrogens with zero attached hydrogens (tertiary/aromatic N) is 4. The largest absolute Gasteiger partial charge is 0.345 e. The van der Waals surface area contributed by atoms with Gasteiger partial charge in [0.25, 0.3) is 0 Å². The van der Waals surface area contributed by atoms with E-state index in [0.29, 0.717) is 18.0 Å². The van der Waals surface area contributed by atoms with Crippen LogP contribution in [0.1, 0.15) is 50.0 Å². The third-order valence-electron chi connectivity index (χ3n) is 4.94. The monoisotopic (exact) mass is 376 g/mol. The van der Waals surface area contributed by atoms with Gasteiger partial charge < -0.3 is 4.90 Å². The Kier molecular flexibility index (Phi) is 5.51. The zero-order valence-electron chi connectivity index (χ0n) is 15.5. The summed E-state index contributed by atoms with van der Waals surface area (Å²) in [7, 11) is 1.67. The van der Waals surface area contributed by atoms with Gasteiger partial charge >= 0.3 is 5.69 Å². The molecule has 3 rings (SSSR count). The molecule has 0 radical (unpaired) electrons. The minimum Gasteiger partial charge on any atom is -0.342 e. The topological polar surface area (TPSA) is 60.1 Å². The van der Waals surface area contributed by atoms with Gasteiger partial charge in [-0.05, 0) is 38.3 Å². The fraction of sp³-hybridized carbons (Fsp3) is 0.526. The van der Waals surface area contributed by atoms with Crippen LogP contribution in [0.15, 0.2) is 29.1 Å². The van der Waals surface area contributed by atoms with Crippen molar-refractivity contribution in [1.29, 1.82) is 0 Å². The Labute approximate surface area is 158 Å². The summed E-state index contributed by atoms with van der Waals surface area (Å²) in [5.41, 5.74) is 0.743. The second kappa shape index (κ2) is 7.66. The summed E-state index contributed by atoms with van der Waals surface area (Å²) in [6, 6.07) is 7.48. The average Bonchev–Trinajstić information content (AvgIpc) is 2.92. The predicted octanol–water partition coefficient (Wildman–Crippen LogP) is 2.76. The molecule has 26 heavy (non-hydrogen) atoms. The molecule has 2 heterocycles. The fourth-order valence-electron chi connectivity index (χ4n) is 3.59. The minimum atomic E-state index is -0.102. The molecule has 0 saturated carbocycles. The van der Waals surface area contributed by atoms with Gasteiger partial charge in [-0.1, -0.05) is 29.8 Å². The second-order valence-corrected chi connectivity index (χ2v) is 7.58. The van der Waals surface area contributed by atoms with Crippen molar-refractivity contribution in [3.63, 3.8) is 0 Å². The molecule has 6 nitrogen and oxygen atoms in total. The molecule has 0 aliphatic carbocycles. The van der Waals surface area contributed by atoms with E-state index in [1.54, 1.807) is 17.7 Å². The van der Waals surface area contributed by atoms with Crippen molar-refractivity contribution in [2.75, 3.05) is 13.1 Å². The van der Waals surface area contributed by atoms with Crippen LogP contribution in [-0.4, -0.2) is 38.2 Å². The van der Waals surface area contributed by atoms with Crippen LogP contribution in [0, 0.1) is 0 Å². The number of carbonyl (C=O) groups is 1. The van der Waals surface area contributed by atoms with E-state index in [-0.39, 0.29) is 23.6 Å². The Balaban J connectivity index is 1.78. The maximum absolute atomic E-state index is 12.8. The van der Waals surface area contributed by atoms with Gasteiger partial charge in [0, 0.05) is 37.1 Å². The van der Waals surface area contributed by atoms with E-state index in [2.05, 4.69) is 5.10 Å². The molecular weight excluding hydrogens is 352 g/mol. The average molecular weight is 377 g/mol. The van der Waals surface area contributed by atoms with Crippen LogP contribution in [0.2, 0.25) is 5.02 Å². The molecule has 1 aliphatic heterocycles. The number of hydrogen-bond donors (Lipinski definition) is 0. The molecule has 1 atom stereocenters. The minimum absolute atomic E-state index is 0.0420. The SMILES string of the molecule is CC(C)n1c(C2CCCN(C(=O)Cc3ccccc3Cl)C2)nn(C)c1=O. The van der Waals surface area contributed by atoms with Crippen molar-refractivity contribution in [2.45, 2.75) is 45.1 Å². The maximum Gasteiger partial charge on any atom is 0.345 e.